The Hall–Kier alpha value is -1.06. The Bertz CT molecular complexity index is 391. The fourth-order valence-corrected chi connectivity index (χ4v) is 1.83. The largest absolute Gasteiger partial charge is 0.352 e. The third kappa shape index (κ3) is 4.75. The zero-order valence-corrected chi connectivity index (χ0v) is 10.5. The molecule has 0 spiro atoms. The van der Waals surface area contributed by atoms with Crippen LogP contribution in [0, 0.1) is 0 Å². The lowest BCUT2D eigenvalue weighted by atomic mass is 10.2. The van der Waals surface area contributed by atoms with Gasteiger partial charge in [0.05, 0.1) is 0 Å². The predicted octanol–water partition coefficient (Wildman–Crippen LogP) is 2.10. The van der Waals surface area contributed by atoms with Crippen molar-refractivity contribution in [3.05, 3.63) is 34.9 Å². The number of halogens is 1. The molecule has 4 heteroatoms. The van der Waals surface area contributed by atoms with E-state index >= 15 is 0 Å². The number of rotatable bonds is 6. The molecule has 1 saturated carbocycles. The number of carbonyl (C=O) groups is 1. The van der Waals surface area contributed by atoms with Crippen LogP contribution in [0.5, 0.6) is 0 Å². The van der Waals surface area contributed by atoms with Gasteiger partial charge >= 0.3 is 0 Å². The Kier molecular flexibility index (Phi) is 4.40. The Morgan fingerprint density at radius 2 is 2.24 bits per heavy atom. The summed E-state index contributed by atoms with van der Waals surface area (Å²) in [4.78, 5) is 11.5. The van der Waals surface area contributed by atoms with E-state index in [0.717, 1.165) is 12.1 Å². The number of nitrogens with one attached hydrogen (secondary N) is 2. The van der Waals surface area contributed by atoms with E-state index in [1.807, 2.05) is 24.3 Å². The number of carbonyl (C=O) groups excluding carboxylic acids is 1. The van der Waals surface area contributed by atoms with Gasteiger partial charge in [-0.15, -0.1) is 0 Å². The number of hydrogen-bond acceptors (Lipinski definition) is 2. The van der Waals surface area contributed by atoms with Crippen LogP contribution in [0.2, 0.25) is 5.02 Å². The van der Waals surface area contributed by atoms with Crippen LogP contribution < -0.4 is 10.6 Å². The summed E-state index contributed by atoms with van der Waals surface area (Å²) in [5, 5.41) is 6.90. The van der Waals surface area contributed by atoms with Gasteiger partial charge in [0.1, 0.15) is 0 Å². The average Bonchev–Trinajstić information content (AvgIpc) is 3.11. The molecule has 0 radical (unpaired) electrons. The molecule has 0 aliphatic heterocycles. The maximum absolute atomic E-state index is 11.5. The molecular weight excluding hydrogens is 236 g/mol. The summed E-state index contributed by atoms with van der Waals surface area (Å²) in [6, 6.07) is 8.19. The summed E-state index contributed by atoms with van der Waals surface area (Å²) in [6.45, 7) is 1.31. The average molecular weight is 253 g/mol. The van der Waals surface area contributed by atoms with Crippen LogP contribution in [-0.2, 0) is 11.3 Å². The molecule has 0 heterocycles. The van der Waals surface area contributed by atoms with Crippen molar-refractivity contribution in [2.24, 2.45) is 0 Å². The van der Waals surface area contributed by atoms with Crippen molar-refractivity contribution >= 4 is 17.5 Å². The smallest absolute Gasteiger partial charge is 0.221 e. The highest BCUT2D eigenvalue weighted by Gasteiger charge is 2.19. The molecule has 2 N–H and O–H groups in total. The first-order valence-corrected chi connectivity index (χ1v) is 6.36. The highest BCUT2D eigenvalue weighted by Crippen LogP contribution is 2.18. The van der Waals surface area contributed by atoms with Gasteiger partial charge in [0, 0.05) is 30.6 Å². The molecule has 17 heavy (non-hydrogen) atoms. The normalized spacial score (nSPS) is 14.6. The molecular formula is C13H17ClN2O. The van der Waals surface area contributed by atoms with Crippen molar-refractivity contribution < 1.29 is 4.79 Å². The minimum Gasteiger partial charge on any atom is -0.352 e. The summed E-state index contributed by atoms with van der Waals surface area (Å²) in [5.41, 5.74) is 1.03. The van der Waals surface area contributed by atoms with Gasteiger partial charge in [-0.25, -0.2) is 0 Å². The molecule has 0 saturated heterocycles. The van der Waals surface area contributed by atoms with Gasteiger partial charge in [0.25, 0.3) is 0 Å². The maximum Gasteiger partial charge on any atom is 0.221 e. The van der Waals surface area contributed by atoms with Crippen LogP contribution in [0.15, 0.2) is 24.3 Å². The van der Waals surface area contributed by atoms with Crippen molar-refractivity contribution in [3.8, 4) is 0 Å². The molecule has 1 aromatic rings. The zero-order valence-electron chi connectivity index (χ0n) is 9.71. The van der Waals surface area contributed by atoms with Crippen molar-refractivity contribution in [2.75, 3.05) is 6.54 Å². The van der Waals surface area contributed by atoms with E-state index in [2.05, 4.69) is 10.6 Å². The van der Waals surface area contributed by atoms with Crippen LogP contribution in [0.4, 0.5) is 0 Å². The Labute approximate surface area is 107 Å². The molecule has 0 bridgehead atoms. The maximum atomic E-state index is 11.5. The van der Waals surface area contributed by atoms with E-state index in [1.54, 1.807) is 0 Å². The Morgan fingerprint density at radius 3 is 2.94 bits per heavy atom. The highest BCUT2D eigenvalue weighted by atomic mass is 35.5. The van der Waals surface area contributed by atoms with Gasteiger partial charge in [0.2, 0.25) is 5.91 Å². The Balaban J connectivity index is 1.64. The standard InChI is InChI=1S/C13H17ClN2O/c14-11-3-1-2-10(8-11)9-16-13(17)6-7-15-12-4-5-12/h1-3,8,12,15H,4-7,9H2,(H,16,17). The quantitative estimate of drug-likeness (QED) is 0.814. The lowest BCUT2D eigenvalue weighted by molar-refractivity contribution is -0.121. The molecule has 1 aromatic carbocycles. The second-order valence-electron chi connectivity index (χ2n) is 4.39. The van der Waals surface area contributed by atoms with E-state index in [1.165, 1.54) is 12.8 Å². The molecule has 1 fully saturated rings. The number of amides is 1. The molecule has 1 amide bonds. The van der Waals surface area contributed by atoms with Crippen molar-refractivity contribution in [3.63, 3.8) is 0 Å². The lowest BCUT2D eigenvalue weighted by Crippen LogP contribution is -2.28. The van der Waals surface area contributed by atoms with Crippen molar-refractivity contribution in [2.45, 2.75) is 31.8 Å². The molecule has 0 aromatic heterocycles. The summed E-state index contributed by atoms with van der Waals surface area (Å²) < 4.78 is 0. The third-order valence-corrected chi connectivity index (χ3v) is 2.98. The summed E-state index contributed by atoms with van der Waals surface area (Å²) >= 11 is 5.86. The predicted molar refractivity (Wildman–Crippen MR) is 68.9 cm³/mol. The third-order valence-electron chi connectivity index (χ3n) is 2.74. The highest BCUT2D eigenvalue weighted by molar-refractivity contribution is 6.30. The van der Waals surface area contributed by atoms with Gasteiger partial charge in [-0.3, -0.25) is 4.79 Å². The molecule has 0 unspecified atom stereocenters. The summed E-state index contributed by atoms with van der Waals surface area (Å²) in [7, 11) is 0. The first kappa shape index (κ1) is 12.4. The second-order valence-corrected chi connectivity index (χ2v) is 4.82. The van der Waals surface area contributed by atoms with Gasteiger partial charge in [0.15, 0.2) is 0 Å². The number of benzene rings is 1. The summed E-state index contributed by atoms with van der Waals surface area (Å²) in [5.74, 6) is 0.0816. The van der Waals surface area contributed by atoms with Crippen LogP contribution in [-0.4, -0.2) is 18.5 Å². The molecule has 2 rings (SSSR count). The SMILES string of the molecule is O=C(CCNC1CC1)NCc1cccc(Cl)c1. The first-order valence-electron chi connectivity index (χ1n) is 5.98. The molecule has 1 aliphatic carbocycles. The fraction of sp³-hybridized carbons (Fsp3) is 0.462. The fourth-order valence-electron chi connectivity index (χ4n) is 1.61. The van der Waals surface area contributed by atoms with Crippen molar-refractivity contribution in [1.82, 2.24) is 10.6 Å². The van der Waals surface area contributed by atoms with E-state index in [9.17, 15) is 4.79 Å². The first-order chi connectivity index (χ1) is 8.24. The minimum atomic E-state index is 0.0816. The van der Waals surface area contributed by atoms with E-state index in [0.29, 0.717) is 24.0 Å². The van der Waals surface area contributed by atoms with Crippen LogP contribution in [0.25, 0.3) is 0 Å². The second kappa shape index (κ2) is 6.03. The summed E-state index contributed by atoms with van der Waals surface area (Å²) in [6.07, 6.45) is 3.05. The molecule has 92 valence electrons. The zero-order chi connectivity index (χ0) is 12.1. The number of hydrogen-bond donors (Lipinski definition) is 2. The van der Waals surface area contributed by atoms with Crippen LogP contribution in [0.1, 0.15) is 24.8 Å². The Morgan fingerprint density at radius 1 is 1.41 bits per heavy atom. The minimum absolute atomic E-state index is 0.0816. The van der Waals surface area contributed by atoms with E-state index in [-0.39, 0.29) is 5.91 Å². The molecule has 3 nitrogen and oxygen atoms in total. The van der Waals surface area contributed by atoms with Gasteiger partial charge in [-0.1, -0.05) is 23.7 Å². The van der Waals surface area contributed by atoms with Crippen molar-refractivity contribution in [1.29, 1.82) is 0 Å². The van der Waals surface area contributed by atoms with Crippen LogP contribution >= 0.6 is 11.6 Å². The topological polar surface area (TPSA) is 41.1 Å². The molecule has 0 atom stereocenters. The van der Waals surface area contributed by atoms with Gasteiger partial charge < -0.3 is 10.6 Å². The monoisotopic (exact) mass is 252 g/mol. The van der Waals surface area contributed by atoms with E-state index < -0.39 is 0 Å². The van der Waals surface area contributed by atoms with Gasteiger partial charge in [-0.2, -0.15) is 0 Å². The van der Waals surface area contributed by atoms with Crippen LogP contribution in [0.3, 0.4) is 0 Å². The van der Waals surface area contributed by atoms with Gasteiger partial charge in [-0.05, 0) is 30.5 Å². The molecule has 1 aliphatic rings. The lowest BCUT2D eigenvalue weighted by Gasteiger charge is -2.06. The van der Waals surface area contributed by atoms with E-state index in [4.69, 9.17) is 11.6 Å².